The van der Waals surface area contributed by atoms with E-state index in [9.17, 15) is 0 Å². The van der Waals surface area contributed by atoms with Gasteiger partial charge in [-0.05, 0) is 11.8 Å². The molecular weight excluding hydrogens is 204 g/mol. The van der Waals surface area contributed by atoms with Crippen molar-refractivity contribution in [1.29, 1.82) is 0 Å². The summed E-state index contributed by atoms with van der Waals surface area (Å²) in [5.41, 5.74) is 0. The van der Waals surface area contributed by atoms with Crippen LogP contribution in [0.2, 0.25) is 0 Å². The fourth-order valence-electron chi connectivity index (χ4n) is 3.20. The fraction of sp³-hybridized carbons (Fsp3) is 1.00. The quantitative estimate of drug-likeness (QED) is 0.500. The van der Waals surface area contributed by atoms with Gasteiger partial charge in [0.15, 0.2) is 0 Å². The molecule has 2 atom stereocenters. The van der Waals surface area contributed by atoms with Gasteiger partial charge < -0.3 is 0 Å². The van der Waals surface area contributed by atoms with Crippen molar-refractivity contribution in [3.8, 4) is 0 Å². The SMILES string of the molecule is CCC1CCCCCCCCCCC(C)CC1. The summed E-state index contributed by atoms with van der Waals surface area (Å²) in [6.45, 7) is 4.86. The molecule has 0 N–H and O–H groups in total. The molecule has 1 fully saturated rings. The van der Waals surface area contributed by atoms with Crippen molar-refractivity contribution in [2.24, 2.45) is 11.8 Å². The van der Waals surface area contributed by atoms with Gasteiger partial charge in [-0.1, -0.05) is 97.3 Å². The Morgan fingerprint density at radius 3 is 1.76 bits per heavy atom. The standard InChI is InChI=1S/C17H34/c1-3-17-13-11-9-7-5-4-6-8-10-12-16(2)14-15-17/h16-17H,3-15H2,1-2H3. The lowest BCUT2D eigenvalue weighted by Crippen LogP contribution is -2.04. The molecule has 0 nitrogen and oxygen atoms in total. The van der Waals surface area contributed by atoms with E-state index in [-0.39, 0.29) is 0 Å². The Hall–Kier alpha value is 0. The third-order valence-corrected chi connectivity index (χ3v) is 4.70. The van der Waals surface area contributed by atoms with Crippen LogP contribution in [-0.2, 0) is 0 Å². The largest absolute Gasteiger partial charge is 0.0651 e. The number of hydrogen-bond acceptors (Lipinski definition) is 0. The van der Waals surface area contributed by atoms with E-state index in [1.54, 1.807) is 0 Å². The Kier molecular flexibility index (Phi) is 8.83. The molecule has 0 aromatic heterocycles. The Labute approximate surface area is 110 Å². The van der Waals surface area contributed by atoms with Crippen molar-refractivity contribution in [3.05, 3.63) is 0 Å². The number of hydrogen-bond donors (Lipinski definition) is 0. The van der Waals surface area contributed by atoms with Crippen LogP contribution in [-0.4, -0.2) is 0 Å². The first-order chi connectivity index (χ1) is 8.33. The van der Waals surface area contributed by atoms with Gasteiger partial charge in [-0.15, -0.1) is 0 Å². The van der Waals surface area contributed by atoms with Crippen molar-refractivity contribution in [2.45, 2.75) is 97.3 Å². The fourth-order valence-corrected chi connectivity index (χ4v) is 3.20. The van der Waals surface area contributed by atoms with Crippen LogP contribution in [0.3, 0.4) is 0 Å². The first kappa shape index (κ1) is 15.1. The Bertz CT molecular complexity index is 161. The third-order valence-electron chi connectivity index (χ3n) is 4.70. The lowest BCUT2D eigenvalue weighted by Gasteiger charge is -2.18. The summed E-state index contributed by atoms with van der Waals surface area (Å²) < 4.78 is 0. The van der Waals surface area contributed by atoms with Crippen LogP contribution in [0.5, 0.6) is 0 Å². The molecule has 1 aliphatic rings. The van der Waals surface area contributed by atoms with Gasteiger partial charge in [0, 0.05) is 0 Å². The minimum atomic E-state index is 0.979. The van der Waals surface area contributed by atoms with Crippen LogP contribution in [0.1, 0.15) is 97.3 Å². The molecule has 0 bridgehead atoms. The van der Waals surface area contributed by atoms with E-state index in [1.807, 2.05) is 0 Å². The lowest BCUT2D eigenvalue weighted by molar-refractivity contribution is 0.348. The van der Waals surface area contributed by atoms with Crippen molar-refractivity contribution < 1.29 is 0 Å². The van der Waals surface area contributed by atoms with Crippen LogP contribution in [0.4, 0.5) is 0 Å². The van der Waals surface area contributed by atoms with Crippen LogP contribution >= 0.6 is 0 Å². The van der Waals surface area contributed by atoms with Crippen molar-refractivity contribution in [2.75, 3.05) is 0 Å². The average Bonchev–Trinajstić information content (AvgIpc) is 2.34. The summed E-state index contributed by atoms with van der Waals surface area (Å²) in [6.07, 6.45) is 19.3. The lowest BCUT2D eigenvalue weighted by atomic mass is 9.88. The minimum absolute atomic E-state index is 0.979. The predicted octanol–water partition coefficient (Wildman–Crippen LogP) is 6.34. The highest BCUT2D eigenvalue weighted by Crippen LogP contribution is 2.25. The average molecular weight is 238 g/mol. The van der Waals surface area contributed by atoms with E-state index in [0.29, 0.717) is 0 Å². The summed E-state index contributed by atoms with van der Waals surface area (Å²) in [6, 6.07) is 0. The zero-order chi connectivity index (χ0) is 12.3. The van der Waals surface area contributed by atoms with Gasteiger partial charge in [0.1, 0.15) is 0 Å². The first-order valence-corrected chi connectivity index (χ1v) is 8.33. The van der Waals surface area contributed by atoms with Crippen LogP contribution in [0.15, 0.2) is 0 Å². The van der Waals surface area contributed by atoms with Crippen LogP contribution < -0.4 is 0 Å². The molecule has 0 aliphatic heterocycles. The van der Waals surface area contributed by atoms with Crippen LogP contribution in [0, 0.1) is 11.8 Å². The molecule has 2 unspecified atom stereocenters. The van der Waals surface area contributed by atoms with E-state index in [0.717, 1.165) is 11.8 Å². The van der Waals surface area contributed by atoms with E-state index in [1.165, 1.54) is 83.5 Å². The maximum absolute atomic E-state index is 2.47. The topological polar surface area (TPSA) is 0 Å². The van der Waals surface area contributed by atoms with Gasteiger partial charge >= 0.3 is 0 Å². The predicted molar refractivity (Wildman–Crippen MR) is 78.3 cm³/mol. The highest BCUT2D eigenvalue weighted by Gasteiger charge is 2.10. The molecule has 0 aromatic rings. The number of rotatable bonds is 1. The zero-order valence-corrected chi connectivity index (χ0v) is 12.3. The highest BCUT2D eigenvalue weighted by atomic mass is 14.2. The summed E-state index contributed by atoms with van der Waals surface area (Å²) in [5, 5.41) is 0. The van der Waals surface area contributed by atoms with E-state index in [4.69, 9.17) is 0 Å². The minimum Gasteiger partial charge on any atom is -0.0651 e. The van der Waals surface area contributed by atoms with Crippen LogP contribution in [0.25, 0.3) is 0 Å². The summed E-state index contributed by atoms with van der Waals surface area (Å²) >= 11 is 0. The Morgan fingerprint density at radius 2 is 1.18 bits per heavy atom. The molecule has 102 valence electrons. The molecule has 0 heterocycles. The molecule has 1 rings (SSSR count). The summed E-state index contributed by atoms with van der Waals surface area (Å²) in [5.74, 6) is 2.01. The normalized spacial score (nSPS) is 30.7. The van der Waals surface area contributed by atoms with E-state index >= 15 is 0 Å². The van der Waals surface area contributed by atoms with Gasteiger partial charge in [0.05, 0.1) is 0 Å². The second-order valence-corrected chi connectivity index (χ2v) is 6.36. The van der Waals surface area contributed by atoms with Crippen molar-refractivity contribution >= 4 is 0 Å². The second kappa shape index (κ2) is 9.97. The summed E-state index contributed by atoms with van der Waals surface area (Å²) in [7, 11) is 0. The van der Waals surface area contributed by atoms with Gasteiger partial charge in [-0.25, -0.2) is 0 Å². The molecule has 0 saturated heterocycles. The monoisotopic (exact) mass is 238 g/mol. The molecule has 1 saturated carbocycles. The van der Waals surface area contributed by atoms with Crippen molar-refractivity contribution in [3.63, 3.8) is 0 Å². The maximum Gasteiger partial charge on any atom is -0.0417 e. The molecule has 0 amide bonds. The summed E-state index contributed by atoms with van der Waals surface area (Å²) in [4.78, 5) is 0. The van der Waals surface area contributed by atoms with E-state index < -0.39 is 0 Å². The van der Waals surface area contributed by atoms with Gasteiger partial charge in [-0.3, -0.25) is 0 Å². The maximum atomic E-state index is 2.47. The van der Waals surface area contributed by atoms with Gasteiger partial charge in [-0.2, -0.15) is 0 Å². The zero-order valence-electron chi connectivity index (χ0n) is 12.3. The Balaban J connectivity index is 2.26. The molecule has 1 aliphatic carbocycles. The van der Waals surface area contributed by atoms with E-state index in [2.05, 4.69) is 13.8 Å². The molecule has 0 radical (unpaired) electrons. The molecular formula is C17H34. The highest BCUT2D eigenvalue weighted by molar-refractivity contribution is 4.63. The van der Waals surface area contributed by atoms with Gasteiger partial charge in [0.2, 0.25) is 0 Å². The van der Waals surface area contributed by atoms with Gasteiger partial charge in [0.25, 0.3) is 0 Å². The second-order valence-electron chi connectivity index (χ2n) is 6.36. The first-order valence-electron chi connectivity index (χ1n) is 8.33. The smallest absolute Gasteiger partial charge is 0.0417 e. The molecule has 0 spiro atoms. The molecule has 0 heteroatoms. The van der Waals surface area contributed by atoms with Crippen molar-refractivity contribution in [1.82, 2.24) is 0 Å². The molecule has 17 heavy (non-hydrogen) atoms. The Morgan fingerprint density at radius 1 is 0.647 bits per heavy atom. The molecule has 0 aromatic carbocycles. The third kappa shape index (κ3) is 7.84.